The van der Waals surface area contributed by atoms with Crippen molar-refractivity contribution in [1.29, 1.82) is 0 Å². The van der Waals surface area contributed by atoms with Gasteiger partial charge in [0.05, 0.1) is 10.4 Å². The first kappa shape index (κ1) is 15.8. The molecule has 23 heavy (non-hydrogen) atoms. The average molecular weight is 329 g/mol. The first-order valence-electron chi connectivity index (χ1n) is 7.53. The molecule has 3 aromatic rings. The van der Waals surface area contributed by atoms with Crippen molar-refractivity contribution in [3.8, 4) is 0 Å². The Morgan fingerprint density at radius 1 is 1.00 bits per heavy atom. The van der Waals surface area contributed by atoms with E-state index in [4.69, 9.17) is 4.74 Å². The smallest absolute Gasteiger partial charge is 0.268 e. The van der Waals surface area contributed by atoms with Gasteiger partial charge in [0.25, 0.3) is 10.0 Å². The van der Waals surface area contributed by atoms with Crippen LogP contribution >= 0.6 is 0 Å². The van der Waals surface area contributed by atoms with Gasteiger partial charge in [0.2, 0.25) is 0 Å². The number of hydrogen-bond acceptors (Lipinski definition) is 3. The fourth-order valence-electron chi connectivity index (χ4n) is 2.75. The average Bonchev–Trinajstić information content (AvgIpc) is 3.01. The van der Waals surface area contributed by atoms with Gasteiger partial charge in [-0.15, -0.1) is 0 Å². The summed E-state index contributed by atoms with van der Waals surface area (Å²) in [4.78, 5) is 0.294. The molecule has 0 fully saturated rings. The number of aryl methyl sites for hydroxylation is 1. The highest BCUT2D eigenvalue weighted by Gasteiger charge is 2.19. The molecule has 1 heterocycles. The van der Waals surface area contributed by atoms with Crippen LogP contribution in [0.2, 0.25) is 0 Å². The van der Waals surface area contributed by atoms with Crippen LogP contribution in [-0.2, 0) is 21.2 Å². The van der Waals surface area contributed by atoms with Gasteiger partial charge in [0, 0.05) is 25.3 Å². The monoisotopic (exact) mass is 329 g/mol. The van der Waals surface area contributed by atoms with Crippen LogP contribution in [-0.4, -0.2) is 26.1 Å². The van der Waals surface area contributed by atoms with Gasteiger partial charge in [-0.05, 0) is 42.7 Å². The summed E-state index contributed by atoms with van der Waals surface area (Å²) >= 11 is 0. The molecule has 0 amide bonds. The maximum Gasteiger partial charge on any atom is 0.268 e. The Hall–Kier alpha value is -2.11. The van der Waals surface area contributed by atoms with Crippen molar-refractivity contribution >= 4 is 20.9 Å². The molecule has 0 saturated carbocycles. The summed E-state index contributed by atoms with van der Waals surface area (Å²) in [5.74, 6) is 0. The second-order valence-corrected chi connectivity index (χ2v) is 7.19. The van der Waals surface area contributed by atoms with Crippen molar-refractivity contribution in [2.75, 3.05) is 13.7 Å². The third kappa shape index (κ3) is 3.02. The highest BCUT2D eigenvalue weighted by molar-refractivity contribution is 7.90. The lowest BCUT2D eigenvalue weighted by atomic mass is 10.1. The molecule has 0 atom stereocenters. The van der Waals surface area contributed by atoms with Crippen LogP contribution in [0, 0.1) is 0 Å². The number of rotatable bonds is 6. The molecule has 0 radical (unpaired) electrons. The Morgan fingerprint density at radius 3 is 2.52 bits per heavy atom. The number of nitrogens with zero attached hydrogens (tertiary/aromatic N) is 1. The zero-order valence-electron chi connectivity index (χ0n) is 13.0. The number of ether oxygens (including phenoxy) is 1. The van der Waals surface area contributed by atoms with E-state index in [1.165, 1.54) is 3.97 Å². The van der Waals surface area contributed by atoms with Gasteiger partial charge in [-0.2, -0.15) is 0 Å². The minimum atomic E-state index is -3.57. The lowest BCUT2D eigenvalue weighted by Crippen LogP contribution is -2.11. The van der Waals surface area contributed by atoms with Gasteiger partial charge in [0.15, 0.2) is 0 Å². The van der Waals surface area contributed by atoms with E-state index in [0.29, 0.717) is 17.0 Å². The Morgan fingerprint density at radius 2 is 1.78 bits per heavy atom. The number of methoxy groups -OCH3 is 1. The minimum absolute atomic E-state index is 0.294. The third-order valence-corrected chi connectivity index (χ3v) is 5.59. The number of benzene rings is 2. The van der Waals surface area contributed by atoms with Gasteiger partial charge < -0.3 is 4.74 Å². The molecule has 4 nitrogen and oxygen atoms in total. The van der Waals surface area contributed by atoms with Gasteiger partial charge in [-0.1, -0.05) is 30.3 Å². The first-order chi connectivity index (χ1) is 11.1. The molecular weight excluding hydrogens is 310 g/mol. The highest BCUT2D eigenvalue weighted by atomic mass is 32.2. The largest absolute Gasteiger partial charge is 0.385 e. The summed E-state index contributed by atoms with van der Waals surface area (Å²) in [6.45, 7) is 0.694. The second-order valence-electron chi connectivity index (χ2n) is 5.38. The summed E-state index contributed by atoms with van der Waals surface area (Å²) < 4.78 is 32.1. The lowest BCUT2D eigenvalue weighted by Gasteiger charge is -2.08. The van der Waals surface area contributed by atoms with E-state index >= 15 is 0 Å². The van der Waals surface area contributed by atoms with E-state index in [2.05, 4.69) is 0 Å². The maximum atomic E-state index is 12.8. The molecule has 0 saturated heterocycles. The Kier molecular flexibility index (Phi) is 4.50. The molecule has 0 unspecified atom stereocenters. The van der Waals surface area contributed by atoms with Crippen LogP contribution in [0.25, 0.3) is 10.9 Å². The standard InChI is InChI=1S/C18H19NO3S/c1-22-14-6-8-15-7-5-11-18-17(15)12-13-19(18)23(20,21)16-9-3-2-4-10-16/h2-5,7,9-13H,6,8,14H2,1H3. The molecule has 0 bridgehead atoms. The molecule has 1 aromatic heterocycles. The van der Waals surface area contributed by atoms with Crippen LogP contribution in [0.3, 0.4) is 0 Å². The van der Waals surface area contributed by atoms with Crippen LogP contribution in [0.1, 0.15) is 12.0 Å². The number of hydrogen-bond donors (Lipinski definition) is 0. The lowest BCUT2D eigenvalue weighted by molar-refractivity contribution is 0.195. The first-order valence-corrected chi connectivity index (χ1v) is 8.97. The SMILES string of the molecule is COCCCc1cccc2c1ccn2S(=O)(=O)c1ccccc1. The molecule has 0 aliphatic rings. The van der Waals surface area contributed by atoms with E-state index in [-0.39, 0.29) is 0 Å². The summed E-state index contributed by atoms with van der Waals surface area (Å²) in [5, 5.41) is 0.975. The number of aromatic nitrogens is 1. The quantitative estimate of drug-likeness (QED) is 0.651. The van der Waals surface area contributed by atoms with Crippen molar-refractivity contribution in [2.24, 2.45) is 0 Å². The van der Waals surface area contributed by atoms with Crippen molar-refractivity contribution in [2.45, 2.75) is 17.7 Å². The zero-order chi connectivity index (χ0) is 16.3. The van der Waals surface area contributed by atoms with Crippen LogP contribution < -0.4 is 0 Å². The summed E-state index contributed by atoms with van der Waals surface area (Å²) in [7, 11) is -1.89. The van der Waals surface area contributed by atoms with Crippen molar-refractivity contribution in [3.05, 3.63) is 66.4 Å². The topological polar surface area (TPSA) is 48.3 Å². The second kappa shape index (κ2) is 6.56. The summed E-state index contributed by atoms with van der Waals surface area (Å²) in [6, 6.07) is 16.2. The Labute approximate surface area is 136 Å². The van der Waals surface area contributed by atoms with Crippen LogP contribution in [0.4, 0.5) is 0 Å². The number of fused-ring (bicyclic) bond motifs is 1. The summed E-state index contributed by atoms with van der Waals surface area (Å²) in [5.41, 5.74) is 1.85. The Bertz CT molecular complexity index is 898. The molecule has 120 valence electrons. The molecule has 3 rings (SSSR count). The maximum absolute atomic E-state index is 12.8. The van der Waals surface area contributed by atoms with Gasteiger partial charge in [0.1, 0.15) is 0 Å². The Balaban J connectivity index is 2.05. The molecule has 5 heteroatoms. The molecule has 0 spiro atoms. The van der Waals surface area contributed by atoms with Crippen LogP contribution in [0.5, 0.6) is 0 Å². The van der Waals surface area contributed by atoms with Crippen molar-refractivity contribution in [3.63, 3.8) is 0 Å². The predicted molar refractivity (Wildman–Crippen MR) is 91.2 cm³/mol. The zero-order valence-corrected chi connectivity index (χ0v) is 13.8. The fraction of sp³-hybridized carbons (Fsp3) is 0.222. The van der Waals surface area contributed by atoms with E-state index in [9.17, 15) is 8.42 Å². The normalized spacial score (nSPS) is 11.9. The van der Waals surface area contributed by atoms with Gasteiger partial charge in [-0.25, -0.2) is 12.4 Å². The third-order valence-electron chi connectivity index (χ3n) is 3.88. The van der Waals surface area contributed by atoms with E-state index in [1.807, 2.05) is 24.3 Å². The van der Waals surface area contributed by atoms with Crippen molar-refractivity contribution in [1.82, 2.24) is 3.97 Å². The predicted octanol–water partition coefficient (Wildman–Crippen LogP) is 3.46. The van der Waals surface area contributed by atoms with Gasteiger partial charge >= 0.3 is 0 Å². The van der Waals surface area contributed by atoms with E-state index < -0.39 is 10.0 Å². The van der Waals surface area contributed by atoms with Crippen molar-refractivity contribution < 1.29 is 13.2 Å². The molecule has 2 aromatic carbocycles. The highest BCUT2D eigenvalue weighted by Crippen LogP contribution is 2.25. The minimum Gasteiger partial charge on any atom is -0.385 e. The fourth-order valence-corrected chi connectivity index (χ4v) is 4.11. The van der Waals surface area contributed by atoms with Gasteiger partial charge in [-0.3, -0.25) is 0 Å². The molecule has 0 N–H and O–H groups in total. The van der Waals surface area contributed by atoms with Crippen LogP contribution in [0.15, 0.2) is 65.7 Å². The molecule has 0 aliphatic heterocycles. The molecular formula is C18H19NO3S. The van der Waals surface area contributed by atoms with E-state index in [1.54, 1.807) is 43.6 Å². The summed E-state index contributed by atoms with van der Waals surface area (Å²) in [6.07, 6.45) is 3.40. The van der Waals surface area contributed by atoms with E-state index in [0.717, 1.165) is 23.8 Å². The molecule has 0 aliphatic carbocycles.